The number of aryl methyl sites for hydroxylation is 1. The molecule has 0 aliphatic rings. The van der Waals surface area contributed by atoms with Crippen LogP contribution in [0.15, 0.2) is 59.6 Å². The molecule has 0 aliphatic heterocycles. The summed E-state index contributed by atoms with van der Waals surface area (Å²) in [5.74, 6) is 1.06. The Kier molecular flexibility index (Phi) is 5.78. The molecular weight excluding hydrogens is 344 g/mol. The average molecular weight is 366 g/mol. The van der Waals surface area contributed by atoms with Crippen molar-refractivity contribution in [3.63, 3.8) is 0 Å². The van der Waals surface area contributed by atoms with Gasteiger partial charge in [0.15, 0.2) is 0 Å². The van der Waals surface area contributed by atoms with E-state index >= 15 is 0 Å². The van der Waals surface area contributed by atoms with Crippen molar-refractivity contribution in [2.75, 3.05) is 12.9 Å². The van der Waals surface area contributed by atoms with E-state index in [4.69, 9.17) is 4.74 Å². The molecular formula is C21H22N2O2S. The summed E-state index contributed by atoms with van der Waals surface area (Å²) in [6.45, 7) is 4.03. The molecule has 134 valence electrons. The number of carbonyl (C=O) groups excluding carboxylic acids is 1. The molecule has 26 heavy (non-hydrogen) atoms. The van der Waals surface area contributed by atoms with E-state index in [1.165, 1.54) is 11.8 Å². The molecule has 0 spiro atoms. The second-order valence-electron chi connectivity index (χ2n) is 6.12. The number of ether oxygens (including phenoxy) is 1. The lowest BCUT2D eigenvalue weighted by Gasteiger charge is -2.14. The van der Waals surface area contributed by atoms with Crippen LogP contribution in [0.1, 0.15) is 24.1 Å². The van der Waals surface area contributed by atoms with Crippen molar-refractivity contribution in [3.8, 4) is 5.75 Å². The van der Waals surface area contributed by atoms with Crippen molar-refractivity contribution in [3.05, 3.63) is 65.7 Å². The largest absolute Gasteiger partial charge is 0.494 e. The zero-order valence-corrected chi connectivity index (χ0v) is 16.0. The van der Waals surface area contributed by atoms with Crippen LogP contribution < -0.4 is 10.1 Å². The number of pyridine rings is 1. The van der Waals surface area contributed by atoms with Crippen LogP contribution in [0, 0.1) is 6.92 Å². The fourth-order valence-electron chi connectivity index (χ4n) is 2.85. The van der Waals surface area contributed by atoms with Crippen LogP contribution >= 0.6 is 11.8 Å². The second-order valence-corrected chi connectivity index (χ2v) is 7.12. The van der Waals surface area contributed by atoms with Gasteiger partial charge in [-0.25, -0.2) is 4.98 Å². The number of rotatable bonds is 6. The van der Waals surface area contributed by atoms with Crippen molar-refractivity contribution in [1.29, 1.82) is 0 Å². The van der Waals surface area contributed by atoms with Gasteiger partial charge in [0.05, 0.1) is 23.9 Å². The first kappa shape index (κ1) is 18.3. The summed E-state index contributed by atoms with van der Waals surface area (Å²) >= 11 is 1.44. The van der Waals surface area contributed by atoms with Gasteiger partial charge < -0.3 is 10.1 Å². The lowest BCUT2D eigenvalue weighted by Crippen LogP contribution is -2.28. The van der Waals surface area contributed by atoms with Crippen LogP contribution in [0.4, 0.5) is 0 Å². The van der Waals surface area contributed by atoms with Gasteiger partial charge in [-0.15, -0.1) is 0 Å². The highest BCUT2D eigenvalue weighted by Crippen LogP contribution is 2.29. The third-order valence-electron chi connectivity index (χ3n) is 4.23. The minimum atomic E-state index is -0.0179. The number of amides is 1. The number of para-hydroxylation sites is 1. The van der Waals surface area contributed by atoms with E-state index in [-0.39, 0.29) is 11.9 Å². The molecule has 4 nitrogen and oxygen atoms in total. The molecule has 1 N–H and O–H groups in total. The molecule has 0 aliphatic carbocycles. The summed E-state index contributed by atoms with van der Waals surface area (Å²) in [7, 11) is 1.64. The fraction of sp³-hybridized carbons (Fsp3) is 0.238. The molecule has 1 atom stereocenters. The highest BCUT2D eigenvalue weighted by molar-refractivity contribution is 7.99. The molecule has 2 aromatic carbocycles. The second kappa shape index (κ2) is 8.23. The Morgan fingerprint density at radius 3 is 2.69 bits per heavy atom. The van der Waals surface area contributed by atoms with Crippen molar-refractivity contribution in [2.24, 2.45) is 0 Å². The van der Waals surface area contributed by atoms with Crippen LogP contribution in [-0.4, -0.2) is 23.8 Å². The van der Waals surface area contributed by atoms with Gasteiger partial charge in [0.2, 0.25) is 5.91 Å². The Morgan fingerprint density at radius 1 is 1.19 bits per heavy atom. The predicted molar refractivity (Wildman–Crippen MR) is 107 cm³/mol. The molecule has 1 unspecified atom stereocenters. The van der Waals surface area contributed by atoms with Crippen molar-refractivity contribution < 1.29 is 9.53 Å². The summed E-state index contributed by atoms with van der Waals surface area (Å²) in [6, 6.07) is 17.8. The van der Waals surface area contributed by atoms with Crippen LogP contribution in [0.3, 0.4) is 0 Å². The van der Waals surface area contributed by atoms with Gasteiger partial charge in [-0.3, -0.25) is 4.79 Å². The van der Waals surface area contributed by atoms with Crippen LogP contribution in [-0.2, 0) is 4.79 Å². The van der Waals surface area contributed by atoms with E-state index in [1.807, 2.05) is 68.4 Å². The average Bonchev–Trinajstić information content (AvgIpc) is 2.66. The first-order valence-corrected chi connectivity index (χ1v) is 9.48. The van der Waals surface area contributed by atoms with Gasteiger partial charge in [-0.2, -0.15) is 0 Å². The molecule has 3 rings (SSSR count). The molecule has 0 radical (unpaired) electrons. The summed E-state index contributed by atoms with van der Waals surface area (Å²) in [5.41, 5.74) is 3.04. The molecule has 1 amide bonds. The fourth-order valence-corrected chi connectivity index (χ4v) is 3.63. The van der Waals surface area contributed by atoms with E-state index in [1.54, 1.807) is 7.11 Å². The SMILES string of the molecule is COc1cccc2c(C)cc(SCC(=O)NC(C)c3ccccc3)nc12. The first-order valence-electron chi connectivity index (χ1n) is 8.50. The summed E-state index contributed by atoms with van der Waals surface area (Å²) < 4.78 is 5.41. The molecule has 1 heterocycles. The number of methoxy groups -OCH3 is 1. The van der Waals surface area contributed by atoms with E-state index < -0.39 is 0 Å². The number of carbonyl (C=O) groups is 1. The van der Waals surface area contributed by atoms with Crippen LogP contribution in [0.2, 0.25) is 0 Å². The zero-order chi connectivity index (χ0) is 18.5. The summed E-state index contributed by atoms with van der Waals surface area (Å²) in [4.78, 5) is 17.0. The quantitative estimate of drug-likeness (QED) is 0.652. The topological polar surface area (TPSA) is 51.2 Å². The maximum atomic E-state index is 12.3. The van der Waals surface area contributed by atoms with Gasteiger partial charge in [0, 0.05) is 5.39 Å². The third-order valence-corrected chi connectivity index (χ3v) is 5.15. The molecule has 0 saturated heterocycles. The number of benzene rings is 2. The maximum Gasteiger partial charge on any atom is 0.230 e. The predicted octanol–water partition coefficient (Wildman–Crippen LogP) is 4.52. The van der Waals surface area contributed by atoms with Crippen molar-refractivity contribution in [1.82, 2.24) is 10.3 Å². The Morgan fingerprint density at radius 2 is 1.96 bits per heavy atom. The zero-order valence-electron chi connectivity index (χ0n) is 15.2. The summed E-state index contributed by atoms with van der Waals surface area (Å²) in [5, 5.41) is 4.92. The molecule has 0 bridgehead atoms. The number of hydrogen-bond acceptors (Lipinski definition) is 4. The highest BCUT2D eigenvalue weighted by atomic mass is 32.2. The Balaban J connectivity index is 1.68. The monoisotopic (exact) mass is 366 g/mol. The lowest BCUT2D eigenvalue weighted by atomic mass is 10.1. The van der Waals surface area contributed by atoms with Crippen LogP contribution in [0.25, 0.3) is 10.9 Å². The Bertz CT molecular complexity index is 913. The highest BCUT2D eigenvalue weighted by Gasteiger charge is 2.12. The maximum absolute atomic E-state index is 12.3. The van der Waals surface area contributed by atoms with Crippen molar-refractivity contribution in [2.45, 2.75) is 24.9 Å². The number of aromatic nitrogens is 1. The van der Waals surface area contributed by atoms with E-state index in [2.05, 4.69) is 10.3 Å². The van der Waals surface area contributed by atoms with E-state index in [0.717, 1.165) is 32.8 Å². The van der Waals surface area contributed by atoms with Gasteiger partial charge in [-0.1, -0.05) is 54.2 Å². The van der Waals surface area contributed by atoms with Crippen molar-refractivity contribution >= 4 is 28.6 Å². The molecule has 0 saturated carbocycles. The molecule has 0 fully saturated rings. The molecule has 1 aromatic heterocycles. The van der Waals surface area contributed by atoms with Crippen LogP contribution in [0.5, 0.6) is 5.75 Å². The minimum absolute atomic E-state index is 0.00840. The molecule has 5 heteroatoms. The van der Waals surface area contributed by atoms with Gasteiger partial charge >= 0.3 is 0 Å². The standard InChI is InChI=1S/C21H22N2O2S/c1-14-12-20(23-21-17(14)10-7-11-18(21)25-3)26-13-19(24)22-15(2)16-8-5-4-6-9-16/h4-12,15H,13H2,1-3H3,(H,22,24). The number of nitrogens with one attached hydrogen (secondary N) is 1. The number of fused-ring (bicyclic) bond motifs is 1. The van der Waals surface area contributed by atoms with Gasteiger partial charge in [0.1, 0.15) is 11.3 Å². The smallest absolute Gasteiger partial charge is 0.230 e. The number of nitrogens with zero attached hydrogens (tertiary/aromatic N) is 1. The first-order chi connectivity index (χ1) is 12.6. The Hall–Kier alpha value is -2.53. The van der Waals surface area contributed by atoms with Gasteiger partial charge in [0.25, 0.3) is 0 Å². The lowest BCUT2D eigenvalue weighted by molar-refractivity contribution is -0.119. The minimum Gasteiger partial charge on any atom is -0.494 e. The Labute approximate surface area is 158 Å². The molecule has 3 aromatic rings. The van der Waals surface area contributed by atoms with E-state index in [9.17, 15) is 4.79 Å². The van der Waals surface area contributed by atoms with E-state index in [0.29, 0.717) is 5.75 Å². The van der Waals surface area contributed by atoms with Gasteiger partial charge in [-0.05, 0) is 37.1 Å². The number of thioether (sulfide) groups is 1. The normalized spacial score (nSPS) is 12.0. The third kappa shape index (κ3) is 4.17. The number of hydrogen-bond donors (Lipinski definition) is 1. The summed E-state index contributed by atoms with van der Waals surface area (Å²) in [6.07, 6.45) is 0.